The Bertz CT molecular complexity index is 864. The van der Waals surface area contributed by atoms with Crippen LogP contribution in [0.25, 0.3) is 0 Å². The number of hydrogen-bond donors (Lipinski definition) is 1. The molecule has 2 heterocycles. The van der Waals surface area contributed by atoms with E-state index in [1.807, 2.05) is 60.7 Å². The van der Waals surface area contributed by atoms with Gasteiger partial charge in [0.2, 0.25) is 5.91 Å². The Morgan fingerprint density at radius 1 is 1.11 bits per heavy atom. The SMILES string of the molecule is N[C@@H]1C(=O)N2C(C(=O)OC(c3ccccc3)c3ccccc3)=C(Cl)CS[C@@H]12. The minimum Gasteiger partial charge on any atom is -0.448 e. The number of hydrogen-bond acceptors (Lipinski definition) is 5. The maximum absolute atomic E-state index is 13.0. The van der Waals surface area contributed by atoms with Crippen LogP contribution in [0.1, 0.15) is 17.2 Å². The standard InChI is InChI=1S/C20H17ClN2O3S/c21-14-11-27-19-15(22)18(24)23(19)16(14)20(25)26-17(12-7-3-1-4-8-12)13-9-5-2-6-10-13/h1-10,15,17,19H,11,22H2/t15-,19+/m1/s1. The number of fused-ring (bicyclic) bond motifs is 1. The van der Waals surface area contributed by atoms with Gasteiger partial charge in [-0.2, -0.15) is 0 Å². The summed E-state index contributed by atoms with van der Waals surface area (Å²) in [5.74, 6) is -0.508. The second kappa shape index (κ2) is 7.38. The van der Waals surface area contributed by atoms with Gasteiger partial charge in [0.15, 0.2) is 6.10 Å². The molecule has 2 aliphatic rings. The first-order valence-corrected chi connectivity index (χ1v) is 9.90. The van der Waals surface area contributed by atoms with Crippen LogP contribution in [0.5, 0.6) is 0 Å². The van der Waals surface area contributed by atoms with Crippen LogP contribution in [-0.4, -0.2) is 33.9 Å². The third-order valence-corrected chi connectivity index (χ3v) is 6.36. The van der Waals surface area contributed by atoms with Crippen LogP contribution in [0, 0.1) is 0 Å². The number of amides is 1. The van der Waals surface area contributed by atoms with Crippen molar-refractivity contribution in [2.75, 3.05) is 5.75 Å². The molecule has 2 aromatic carbocycles. The average Bonchev–Trinajstić information content (AvgIpc) is 2.72. The molecule has 0 radical (unpaired) electrons. The van der Waals surface area contributed by atoms with Gasteiger partial charge in [-0.25, -0.2) is 4.79 Å². The van der Waals surface area contributed by atoms with E-state index in [4.69, 9.17) is 22.1 Å². The van der Waals surface area contributed by atoms with Crippen molar-refractivity contribution in [1.82, 2.24) is 4.90 Å². The highest BCUT2D eigenvalue weighted by molar-refractivity contribution is 8.00. The van der Waals surface area contributed by atoms with Crippen molar-refractivity contribution < 1.29 is 14.3 Å². The Balaban J connectivity index is 1.65. The molecule has 2 N–H and O–H groups in total. The number of carbonyl (C=O) groups excluding carboxylic acids is 2. The molecular weight excluding hydrogens is 384 g/mol. The van der Waals surface area contributed by atoms with E-state index in [-0.39, 0.29) is 17.0 Å². The van der Waals surface area contributed by atoms with E-state index in [1.54, 1.807) is 0 Å². The Labute approximate surface area is 166 Å². The van der Waals surface area contributed by atoms with Crippen molar-refractivity contribution in [3.8, 4) is 0 Å². The lowest BCUT2D eigenvalue weighted by Gasteiger charge is -2.47. The molecule has 7 heteroatoms. The lowest BCUT2D eigenvalue weighted by Crippen LogP contribution is -2.68. The molecular formula is C20H17ClN2O3S. The Morgan fingerprint density at radius 2 is 1.67 bits per heavy atom. The molecule has 2 aliphatic heterocycles. The number of rotatable bonds is 4. The average molecular weight is 401 g/mol. The van der Waals surface area contributed by atoms with Gasteiger partial charge in [-0.1, -0.05) is 72.3 Å². The number of benzene rings is 2. The number of β-lactam (4-membered cyclic amide) rings is 1. The first kappa shape index (κ1) is 18.1. The summed E-state index contributed by atoms with van der Waals surface area (Å²) in [7, 11) is 0. The first-order chi connectivity index (χ1) is 13.1. The summed E-state index contributed by atoms with van der Waals surface area (Å²) in [5, 5.41) is 0.0378. The summed E-state index contributed by atoms with van der Waals surface area (Å²) in [6, 6.07) is 18.3. The number of halogens is 1. The van der Waals surface area contributed by atoms with Crippen LogP contribution >= 0.6 is 23.4 Å². The van der Waals surface area contributed by atoms with Crippen molar-refractivity contribution in [3.63, 3.8) is 0 Å². The fourth-order valence-electron chi connectivity index (χ4n) is 3.22. The van der Waals surface area contributed by atoms with E-state index in [0.29, 0.717) is 10.8 Å². The molecule has 138 valence electrons. The van der Waals surface area contributed by atoms with E-state index in [9.17, 15) is 9.59 Å². The predicted molar refractivity (Wildman–Crippen MR) is 105 cm³/mol. The van der Waals surface area contributed by atoms with E-state index >= 15 is 0 Å². The van der Waals surface area contributed by atoms with Gasteiger partial charge in [0, 0.05) is 5.75 Å². The zero-order chi connectivity index (χ0) is 19.0. The summed E-state index contributed by atoms with van der Waals surface area (Å²) in [5.41, 5.74) is 7.61. The van der Waals surface area contributed by atoms with Crippen molar-refractivity contribution in [1.29, 1.82) is 0 Å². The van der Waals surface area contributed by atoms with Crippen LogP contribution in [0.15, 0.2) is 71.4 Å². The number of ether oxygens (including phenoxy) is 1. The molecule has 0 saturated carbocycles. The quantitative estimate of drug-likeness (QED) is 0.631. The molecule has 1 amide bonds. The molecule has 0 aromatic heterocycles. The fraction of sp³-hybridized carbons (Fsp3) is 0.200. The Morgan fingerprint density at radius 3 is 2.22 bits per heavy atom. The topological polar surface area (TPSA) is 72.6 Å². The highest BCUT2D eigenvalue weighted by atomic mass is 35.5. The summed E-state index contributed by atoms with van der Waals surface area (Å²) in [6.07, 6.45) is -0.602. The lowest BCUT2D eigenvalue weighted by atomic mass is 10.0. The molecule has 27 heavy (non-hydrogen) atoms. The molecule has 1 saturated heterocycles. The Hall–Kier alpha value is -2.28. The maximum Gasteiger partial charge on any atom is 0.357 e. The van der Waals surface area contributed by atoms with Crippen molar-refractivity contribution in [2.24, 2.45) is 5.73 Å². The summed E-state index contributed by atoms with van der Waals surface area (Å²) in [4.78, 5) is 26.5. The van der Waals surface area contributed by atoms with Gasteiger partial charge in [-0.3, -0.25) is 9.69 Å². The maximum atomic E-state index is 13.0. The van der Waals surface area contributed by atoms with Gasteiger partial charge in [0.1, 0.15) is 17.1 Å². The molecule has 0 bridgehead atoms. The molecule has 2 aromatic rings. The number of esters is 1. The summed E-state index contributed by atoms with van der Waals surface area (Å²) >= 11 is 7.73. The third-order valence-electron chi connectivity index (χ3n) is 4.59. The molecule has 0 aliphatic carbocycles. The monoisotopic (exact) mass is 400 g/mol. The van der Waals surface area contributed by atoms with Gasteiger partial charge < -0.3 is 10.5 Å². The van der Waals surface area contributed by atoms with Crippen LogP contribution < -0.4 is 5.73 Å². The Kier molecular flexibility index (Phi) is 4.95. The molecule has 5 nitrogen and oxygen atoms in total. The number of thioether (sulfide) groups is 1. The minimum absolute atomic E-state index is 0.101. The molecule has 2 atom stereocenters. The number of nitrogens with two attached hydrogens (primary N) is 1. The van der Waals surface area contributed by atoms with Crippen molar-refractivity contribution in [2.45, 2.75) is 17.5 Å². The van der Waals surface area contributed by atoms with Crippen molar-refractivity contribution >= 4 is 35.2 Å². The lowest BCUT2D eigenvalue weighted by molar-refractivity contribution is -0.152. The highest BCUT2D eigenvalue weighted by Crippen LogP contribution is 2.41. The third kappa shape index (κ3) is 3.25. The number of nitrogens with zero attached hydrogens (tertiary/aromatic N) is 1. The molecule has 0 spiro atoms. The van der Waals surface area contributed by atoms with Crippen LogP contribution in [-0.2, 0) is 14.3 Å². The van der Waals surface area contributed by atoms with Gasteiger partial charge in [-0.15, -0.1) is 11.8 Å². The van der Waals surface area contributed by atoms with Gasteiger partial charge in [0.25, 0.3) is 0 Å². The summed E-state index contributed by atoms with van der Waals surface area (Å²) in [6.45, 7) is 0. The van der Waals surface area contributed by atoms with Gasteiger partial charge >= 0.3 is 5.97 Å². The van der Waals surface area contributed by atoms with Gasteiger partial charge in [-0.05, 0) is 11.1 Å². The van der Waals surface area contributed by atoms with Gasteiger partial charge in [0.05, 0.1) is 5.03 Å². The van der Waals surface area contributed by atoms with E-state index in [2.05, 4.69) is 0 Å². The van der Waals surface area contributed by atoms with Crippen LogP contribution in [0.2, 0.25) is 0 Å². The van der Waals surface area contributed by atoms with Crippen molar-refractivity contribution in [3.05, 3.63) is 82.5 Å². The molecule has 1 fully saturated rings. The smallest absolute Gasteiger partial charge is 0.357 e. The van der Waals surface area contributed by atoms with Crippen LogP contribution in [0.4, 0.5) is 0 Å². The summed E-state index contributed by atoms with van der Waals surface area (Å²) < 4.78 is 5.84. The largest absolute Gasteiger partial charge is 0.448 e. The van der Waals surface area contributed by atoms with E-state index in [0.717, 1.165) is 11.1 Å². The second-order valence-electron chi connectivity index (χ2n) is 6.30. The molecule has 4 rings (SSSR count). The zero-order valence-electron chi connectivity index (χ0n) is 14.2. The predicted octanol–water partition coefficient (Wildman–Crippen LogP) is 3.01. The molecule has 0 unspecified atom stereocenters. The highest BCUT2D eigenvalue weighted by Gasteiger charge is 2.52. The normalized spacial score (nSPS) is 21.7. The first-order valence-electron chi connectivity index (χ1n) is 8.47. The van der Waals surface area contributed by atoms with E-state index < -0.39 is 18.1 Å². The fourth-order valence-corrected chi connectivity index (χ4v) is 4.71. The number of carbonyl (C=O) groups is 2. The van der Waals surface area contributed by atoms with E-state index in [1.165, 1.54) is 16.7 Å². The zero-order valence-corrected chi connectivity index (χ0v) is 15.8. The second-order valence-corrected chi connectivity index (χ2v) is 7.86. The minimum atomic E-state index is -0.622. The van der Waals surface area contributed by atoms with Crippen LogP contribution in [0.3, 0.4) is 0 Å².